The molecule has 1 aromatic carbocycles. The number of nitrogens with two attached hydrogens (primary N) is 1. The van der Waals surface area contributed by atoms with Crippen LogP contribution in [0.1, 0.15) is 44.1 Å². The van der Waals surface area contributed by atoms with Gasteiger partial charge in [0.2, 0.25) is 5.91 Å². The molecule has 5 nitrogen and oxygen atoms in total. The predicted octanol–water partition coefficient (Wildman–Crippen LogP) is 3.20. The highest BCUT2D eigenvalue weighted by Crippen LogP contribution is 2.50. The van der Waals surface area contributed by atoms with Crippen molar-refractivity contribution < 1.29 is 41.0 Å². The van der Waals surface area contributed by atoms with Gasteiger partial charge in [-0.1, -0.05) is 6.07 Å². The van der Waals surface area contributed by atoms with Crippen LogP contribution in [0.25, 0.3) is 0 Å². The van der Waals surface area contributed by atoms with Gasteiger partial charge in [-0.05, 0) is 50.2 Å². The Labute approximate surface area is 162 Å². The van der Waals surface area contributed by atoms with Gasteiger partial charge in [0.25, 0.3) is 0 Å². The molecule has 4 N–H and O–H groups in total. The van der Waals surface area contributed by atoms with Gasteiger partial charge in [-0.2, -0.15) is 13.2 Å². The minimum atomic E-state index is -5.08. The van der Waals surface area contributed by atoms with Crippen molar-refractivity contribution >= 4 is 11.9 Å². The maximum Gasteiger partial charge on any atom is 0.490 e. The summed E-state index contributed by atoms with van der Waals surface area (Å²) in [6, 6.07) is 2.05. The quantitative estimate of drug-likeness (QED) is 0.509. The molecule has 162 valence electrons. The highest BCUT2D eigenvalue weighted by Gasteiger charge is 2.55. The number of amides is 1. The number of hydrogen-bond donors (Lipinski definition) is 3. The monoisotopic (exact) mass is 426 g/mol. The minimum Gasteiger partial charge on any atom is -0.475 e. The predicted molar refractivity (Wildman–Crippen MR) is 89.2 cm³/mol. The summed E-state index contributed by atoms with van der Waals surface area (Å²) in [5.74, 6) is -6.88. The number of halogens is 6. The Balaban J connectivity index is 0.000000370. The van der Waals surface area contributed by atoms with E-state index in [4.69, 9.17) is 15.6 Å². The SMILES string of the molecule is NC12CCCC(NC(=O)CCc3ccc(F)c(F)c3F)(C1)C2.O=C(O)C(F)(F)F. The average Bonchev–Trinajstić information content (AvgIpc) is 2.57. The number of aliphatic carboxylic acids is 1. The van der Waals surface area contributed by atoms with E-state index in [9.17, 15) is 31.1 Å². The number of carbonyl (C=O) groups excluding carboxylic acids is 1. The molecule has 29 heavy (non-hydrogen) atoms. The molecule has 4 rings (SSSR count). The van der Waals surface area contributed by atoms with Crippen molar-refractivity contribution in [3.63, 3.8) is 0 Å². The lowest BCUT2D eigenvalue weighted by Crippen LogP contribution is -2.71. The number of carboxylic acids is 1. The van der Waals surface area contributed by atoms with Crippen LogP contribution in [0.15, 0.2) is 12.1 Å². The van der Waals surface area contributed by atoms with Gasteiger partial charge in [0.1, 0.15) is 0 Å². The van der Waals surface area contributed by atoms with Crippen LogP contribution in [0.5, 0.6) is 0 Å². The Hall–Kier alpha value is -2.30. The fraction of sp³-hybridized carbons (Fsp3) is 0.556. The summed E-state index contributed by atoms with van der Waals surface area (Å²) < 4.78 is 71.3. The molecule has 11 heteroatoms. The van der Waals surface area contributed by atoms with E-state index in [0.29, 0.717) is 0 Å². The number of rotatable bonds is 4. The van der Waals surface area contributed by atoms with Crippen LogP contribution in [-0.4, -0.2) is 34.2 Å². The largest absolute Gasteiger partial charge is 0.490 e. The van der Waals surface area contributed by atoms with Gasteiger partial charge in [0.05, 0.1) is 0 Å². The molecule has 0 aromatic heterocycles. The topological polar surface area (TPSA) is 92.4 Å². The molecule has 3 fully saturated rings. The fourth-order valence-electron chi connectivity index (χ4n) is 3.94. The maximum absolute atomic E-state index is 13.5. The minimum absolute atomic E-state index is 0.0111. The summed E-state index contributed by atoms with van der Waals surface area (Å²) in [5, 5.41) is 10.1. The summed E-state index contributed by atoms with van der Waals surface area (Å²) in [5.41, 5.74) is 5.80. The lowest BCUT2D eigenvalue weighted by Gasteiger charge is -2.59. The number of aryl methyl sites for hydroxylation is 1. The van der Waals surface area contributed by atoms with Gasteiger partial charge in [-0.25, -0.2) is 18.0 Å². The van der Waals surface area contributed by atoms with Crippen LogP contribution in [0.3, 0.4) is 0 Å². The van der Waals surface area contributed by atoms with Crippen molar-refractivity contribution in [2.24, 2.45) is 5.73 Å². The first kappa shape index (κ1) is 23.0. The molecule has 0 saturated heterocycles. The van der Waals surface area contributed by atoms with Crippen molar-refractivity contribution in [2.75, 3.05) is 0 Å². The molecule has 0 atom stereocenters. The van der Waals surface area contributed by atoms with E-state index in [1.807, 2.05) is 0 Å². The second kappa shape index (κ2) is 8.21. The number of nitrogens with one attached hydrogen (secondary N) is 1. The zero-order valence-electron chi connectivity index (χ0n) is 15.2. The van der Waals surface area contributed by atoms with Gasteiger partial charge < -0.3 is 16.2 Å². The second-order valence-corrected chi connectivity index (χ2v) is 7.54. The lowest BCUT2D eigenvalue weighted by atomic mass is 9.55. The summed E-state index contributed by atoms with van der Waals surface area (Å²) in [6.45, 7) is 0. The summed E-state index contributed by atoms with van der Waals surface area (Å²) in [4.78, 5) is 20.9. The number of carboxylic acid groups (broad SMARTS) is 1. The molecule has 0 radical (unpaired) electrons. The fourth-order valence-corrected chi connectivity index (χ4v) is 3.94. The van der Waals surface area contributed by atoms with Crippen molar-refractivity contribution in [3.05, 3.63) is 35.1 Å². The number of benzene rings is 1. The summed E-state index contributed by atoms with van der Waals surface area (Å²) in [6.07, 6.45) is -0.535. The van der Waals surface area contributed by atoms with Gasteiger partial charge in [-0.15, -0.1) is 0 Å². The molecule has 0 aliphatic heterocycles. The third kappa shape index (κ3) is 5.62. The number of carbonyl (C=O) groups is 2. The van der Waals surface area contributed by atoms with E-state index in [2.05, 4.69) is 5.32 Å². The molecular formula is C18H20F6N2O3. The Morgan fingerprint density at radius 3 is 2.21 bits per heavy atom. The number of hydrogen-bond acceptors (Lipinski definition) is 3. The third-order valence-electron chi connectivity index (χ3n) is 5.09. The van der Waals surface area contributed by atoms with Crippen LogP contribution in [0.4, 0.5) is 26.3 Å². The van der Waals surface area contributed by atoms with Crippen molar-refractivity contribution in [3.8, 4) is 0 Å². The highest BCUT2D eigenvalue weighted by molar-refractivity contribution is 5.77. The molecule has 0 heterocycles. The summed E-state index contributed by atoms with van der Waals surface area (Å²) >= 11 is 0. The molecule has 1 aromatic rings. The van der Waals surface area contributed by atoms with Crippen LogP contribution in [0, 0.1) is 17.5 Å². The van der Waals surface area contributed by atoms with Gasteiger partial charge >= 0.3 is 12.1 Å². The smallest absolute Gasteiger partial charge is 0.475 e. The van der Waals surface area contributed by atoms with E-state index >= 15 is 0 Å². The molecule has 0 spiro atoms. The van der Waals surface area contributed by atoms with E-state index in [1.54, 1.807) is 0 Å². The molecule has 0 unspecified atom stereocenters. The molecule has 2 bridgehead atoms. The maximum atomic E-state index is 13.5. The molecule has 3 aliphatic rings. The van der Waals surface area contributed by atoms with E-state index < -0.39 is 29.6 Å². The first-order chi connectivity index (χ1) is 13.3. The number of alkyl halides is 3. The van der Waals surface area contributed by atoms with Crippen LogP contribution in [0.2, 0.25) is 0 Å². The normalized spacial score (nSPS) is 25.3. The molecule has 3 aliphatic carbocycles. The van der Waals surface area contributed by atoms with Gasteiger partial charge in [0.15, 0.2) is 17.5 Å². The lowest BCUT2D eigenvalue weighted by molar-refractivity contribution is -0.192. The second-order valence-electron chi connectivity index (χ2n) is 7.54. The molecule has 1 amide bonds. The van der Waals surface area contributed by atoms with E-state index in [0.717, 1.165) is 38.2 Å². The zero-order valence-corrected chi connectivity index (χ0v) is 15.2. The Morgan fingerprint density at radius 2 is 1.69 bits per heavy atom. The van der Waals surface area contributed by atoms with Crippen molar-refractivity contribution in [1.82, 2.24) is 5.32 Å². The average molecular weight is 426 g/mol. The first-order valence-corrected chi connectivity index (χ1v) is 8.79. The van der Waals surface area contributed by atoms with Crippen LogP contribution in [-0.2, 0) is 16.0 Å². The van der Waals surface area contributed by atoms with Gasteiger partial charge in [-0.3, -0.25) is 4.79 Å². The first-order valence-electron chi connectivity index (χ1n) is 8.79. The van der Waals surface area contributed by atoms with Crippen LogP contribution >= 0.6 is 0 Å². The Bertz CT molecular complexity index is 791. The summed E-state index contributed by atoms with van der Waals surface area (Å²) in [7, 11) is 0. The molecule has 3 saturated carbocycles. The third-order valence-corrected chi connectivity index (χ3v) is 5.09. The molecular weight excluding hydrogens is 406 g/mol. The Kier molecular flexibility index (Phi) is 6.51. The van der Waals surface area contributed by atoms with Crippen LogP contribution < -0.4 is 11.1 Å². The standard InChI is InChI=1S/C16H19F3N2O.C2HF3O2/c17-11-4-2-10(13(18)14(11)19)3-5-12(22)21-16-7-1-6-15(20,8-16)9-16;3-2(4,5)1(6)7/h2,4H,1,3,5-9,20H2,(H,21,22);(H,6,7). The van der Waals surface area contributed by atoms with E-state index in [-0.39, 0.29) is 35.4 Å². The van der Waals surface area contributed by atoms with Gasteiger partial charge in [0, 0.05) is 17.5 Å². The zero-order chi connectivity index (χ0) is 22.0. The van der Waals surface area contributed by atoms with E-state index in [1.165, 1.54) is 6.07 Å². The van der Waals surface area contributed by atoms with Crippen molar-refractivity contribution in [1.29, 1.82) is 0 Å². The highest BCUT2D eigenvalue weighted by atomic mass is 19.4. The van der Waals surface area contributed by atoms with Crippen molar-refractivity contribution in [2.45, 2.75) is 62.2 Å². The number of fused-ring (bicyclic) bond motifs is 2. The Morgan fingerprint density at radius 1 is 1.10 bits per heavy atom.